The van der Waals surface area contributed by atoms with Crippen molar-refractivity contribution in [3.8, 4) is 0 Å². The van der Waals surface area contributed by atoms with Gasteiger partial charge in [-0.1, -0.05) is 28.9 Å². The highest BCUT2D eigenvalue weighted by Gasteiger charge is 2.18. The van der Waals surface area contributed by atoms with Gasteiger partial charge >= 0.3 is 0 Å². The Labute approximate surface area is 89.2 Å². The van der Waals surface area contributed by atoms with Gasteiger partial charge in [-0.15, -0.1) is 0 Å². The largest absolute Gasteiger partial charge is 0.303 e. The van der Waals surface area contributed by atoms with E-state index in [4.69, 9.17) is 0 Å². The topological polar surface area (TPSA) is 60.2 Å². The lowest BCUT2D eigenvalue weighted by atomic mass is 10.0. The quantitative estimate of drug-likeness (QED) is 0.475. The lowest BCUT2D eigenvalue weighted by Gasteiger charge is -2.04. The van der Waals surface area contributed by atoms with Crippen molar-refractivity contribution in [2.45, 2.75) is 12.8 Å². The number of carbonyl (C=O) groups excluding carboxylic acids is 1. The highest BCUT2D eigenvalue weighted by molar-refractivity contribution is 9.10. The summed E-state index contributed by atoms with van der Waals surface area (Å²) in [6, 6.07) is 4.67. The minimum Gasteiger partial charge on any atom is -0.303 e. The maximum Gasteiger partial charge on any atom is 0.274 e. The number of benzene rings is 1. The van der Waals surface area contributed by atoms with Crippen LogP contribution in [0.5, 0.6) is 0 Å². The predicted octanol–water partition coefficient (Wildman–Crippen LogP) is 2.66. The van der Waals surface area contributed by atoms with Gasteiger partial charge in [0.15, 0.2) is 0 Å². The molecule has 0 N–H and O–H groups in total. The minimum absolute atomic E-state index is 0.0287. The molecule has 1 aromatic carbocycles. The Hall–Kier alpha value is -1.23. The van der Waals surface area contributed by atoms with E-state index in [9.17, 15) is 14.9 Å². The molecular formula is C9H8BrNO3. The van der Waals surface area contributed by atoms with Crippen LogP contribution in [0, 0.1) is 10.1 Å². The van der Waals surface area contributed by atoms with Crippen molar-refractivity contribution in [1.29, 1.82) is 0 Å². The van der Waals surface area contributed by atoms with Gasteiger partial charge in [0.2, 0.25) is 0 Å². The lowest BCUT2D eigenvalue weighted by molar-refractivity contribution is -0.385. The Kier molecular flexibility index (Phi) is 3.35. The van der Waals surface area contributed by atoms with Crippen LogP contribution in [0.4, 0.5) is 5.69 Å². The van der Waals surface area contributed by atoms with Crippen molar-refractivity contribution in [3.63, 3.8) is 0 Å². The number of aldehydes is 1. The molecule has 0 aliphatic rings. The van der Waals surface area contributed by atoms with Crippen LogP contribution in [-0.4, -0.2) is 11.2 Å². The molecule has 74 valence electrons. The Morgan fingerprint density at radius 2 is 2.21 bits per heavy atom. The molecule has 0 bridgehead atoms. The Morgan fingerprint density at radius 3 is 2.71 bits per heavy atom. The maximum atomic E-state index is 10.7. The first-order chi connectivity index (χ1) is 6.56. The van der Waals surface area contributed by atoms with Crippen molar-refractivity contribution in [2.24, 2.45) is 0 Å². The predicted molar refractivity (Wildman–Crippen MR) is 55.3 cm³/mol. The van der Waals surface area contributed by atoms with Crippen molar-refractivity contribution in [3.05, 3.63) is 38.3 Å². The summed E-state index contributed by atoms with van der Waals surface area (Å²) in [7, 11) is 0. The van der Waals surface area contributed by atoms with Crippen molar-refractivity contribution < 1.29 is 9.72 Å². The van der Waals surface area contributed by atoms with Crippen LogP contribution >= 0.6 is 15.9 Å². The van der Waals surface area contributed by atoms with Crippen molar-refractivity contribution in [2.75, 3.05) is 0 Å². The number of hydrogen-bond donors (Lipinski definition) is 0. The van der Waals surface area contributed by atoms with E-state index in [1.807, 2.05) is 0 Å². The average molecular weight is 258 g/mol. The third-order valence-electron chi connectivity index (χ3n) is 1.88. The van der Waals surface area contributed by atoms with E-state index in [0.717, 1.165) is 0 Å². The SMILES string of the molecule is CC(C=O)c1ccc(Br)cc1[N+](=O)[O-]. The van der Waals surface area contributed by atoms with E-state index in [-0.39, 0.29) is 5.69 Å². The minimum atomic E-state index is -0.486. The number of halogens is 1. The highest BCUT2D eigenvalue weighted by Crippen LogP contribution is 2.28. The van der Waals surface area contributed by atoms with E-state index in [2.05, 4.69) is 15.9 Å². The van der Waals surface area contributed by atoms with E-state index < -0.39 is 10.8 Å². The fourth-order valence-electron chi connectivity index (χ4n) is 1.13. The van der Waals surface area contributed by atoms with Gasteiger partial charge in [-0.3, -0.25) is 10.1 Å². The second-order valence-electron chi connectivity index (χ2n) is 2.89. The second-order valence-corrected chi connectivity index (χ2v) is 3.80. The van der Waals surface area contributed by atoms with Crippen LogP contribution < -0.4 is 0 Å². The normalized spacial score (nSPS) is 12.1. The molecular weight excluding hydrogens is 250 g/mol. The average Bonchev–Trinajstić information content (AvgIpc) is 2.16. The smallest absolute Gasteiger partial charge is 0.274 e. The molecule has 1 rings (SSSR count). The molecule has 0 amide bonds. The molecule has 0 aromatic heterocycles. The number of nitro benzene ring substituents is 1. The second kappa shape index (κ2) is 4.32. The number of carbonyl (C=O) groups is 1. The standard InChI is InChI=1S/C9H8BrNO3/c1-6(5-12)8-3-2-7(10)4-9(8)11(13)14/h2-6H,1H3. The van der Waals surface area contributed by atoms with Gasteiger partial charge in [0.1, 0.15) is 6.29 Å². The van der Waals surface area contributed by atoms with Crippen molar-refractivity contribution >= 4 is 27.9 Å². The van der Waals surface area contributed by atoms with Crippen LogP contribution in [-0.2, 0) is 4.79 Å². The van der Waals surface area contributed by atoms with Gasteiger partial charge in [0, 0.05) is 22.0 Å². The fraction of sp³-hybridized carbons (Fsp3) is 0.222. The summed E-state index contributed by atoms with van der Waals surface area (Å²) in [6.45, 7) is 1.63. The summed E-state index contributed by atoms with van der Waals surface area (Å²) in [6.07, 6.45) is 0.691. The molecule has 0 radical (unpaired) electrons. The van der Waals surface area contributed by atoms with Crippen LogP contribution in [0.2, 0.25) is 0 Å². The monoisotopic (exact) mass is 257 g/mol. The van der Waals surface area contributed by atoms with E-state index in [1.54, 1.807) is 19.1 Å². The summed E-state index contributed by atoms with van der Waals surface area (Å²) < 4.78 is 0.631. The summed E-state index contributed by atoms with van der Waals surface area (Å²) >= 11 is 3.14. The zero-order valence-electron chi connectivity index (χ0n) is 7.44. The van der Waals surface area contributed by atoms with E-state index in [1.165, 1.54) is 6.07 Å². The first-order valence-electron chi connectivity index (χ1n) is 3.95. The molecule has 1 unspecified atom stereocenters. The zero-order chi connectivity index (χ0) is 10.7. The van der Waals surface area contributed by atoms with Crippen LogP contribution in [0.25, 0.3) is 0 Å². The highest BCUT2D eigenvalue weighted by atomic mass is 79.9. The molecule has 0 saturated carbocycles. The molecule has 14 heavy (non-hydrogen) atoms. The third kappa shape index (κ3) is 2.17. The Morgan fingerprint density at radius 1 is 1.57 bits per heavy atom. The molecule has 1 aromatic rings. The van der Waals surface area contributed by atoms with Gasteiger partial charge in [0.25, 0.3) is 5.69 Å². The van der Waals surface area contributed by atoms with Crippen molar-refractivity contribution in [1.82, 2.24) is 0 Å². The van der Waals surface area contributed by atoms with Crippen LogP contribution in [0.1, 0.15) is 18.4 Å². The summed E-state index contributed by atoms with van der Waals surface area (Å²) in [5, 5.41) is 10.7. The lowest BCUT2D eigenvalue weighted by Crippen LogP contribution is -2.00. The maximum absolute atomic E-state index is 10.7. The molecule has 4 nitrogen and oxygen atoms in total. The summed E-state index contributed by atoms with van der Waals surface area (Å²) in [4.78, 5) is 20.7. The Balaban J connectivity index is 3.28. The first-order valence-corrected chi connectivity index (χ1v) is 4.74. The number of nitro groups is 1. The molecule has 0 aliphatic carbocycles. The molecule has 0 aliphatic heterocycles. The van der Waals surface area contributed by atoms with Gasteiger partial charge < -0.3 is 4.79 Å². The molecule has 0 saturated heterocycles. The summed E-state index contributed by atoms with van der Waals surface area (Å²) in [5.74, 6) is -0.455. The molecule has 1 atom stereocenters. The molecule has 5 heteroatoms. The third-order valence-corrected chi connectivity index (χ3v) is 2.38. The summed E-state index contributed by atoms with van der Waals surface area (Å²) in [5.41, 5.74) is 0.409. The molecule has 0 heterocycles. The number of rotatable bonds is 3. The number of hydrogen-bond acceptors (Lipinski definition) is 3. The first kappa shape index (κ1) is 10.8. The van der Waals surface area contributed by atoms with Gasteiger partial charge in [-0.05, 0) is 6.07 Å². The van der Waals surface area contributed by atoms with Gasteiger partial charge in [0.05, 0.1) is 4.92 Å². The van der Waals surface area contributed by atoms with Crippen LogP contribution in [0.15, 0.2) is 22.7 Å². The van der Waals surface area contributed by atoms with E-state index in [0.29, 0.717) is 16.3 Å². The van der Waals surface area contributed by atoms with Gasteiger partial charge in [-0.2, -0.15) is 0 Å². The number of nitrogens with zero attached hydrogens (tertiary/aromatic N) is 1. The van der Waals surface area contributed by atoms with Gasteiger partial charge in [-0.25, -0.2) is 0 Å². The molecule has 0 spiro atoms. The zero-order valence-corrected chi connectivity index (χ0v) is 9.02. The molecule has 0 fully saturated rings. The van der Waals surface area contributed by atoms with Crippen LogP contribution in [0.3, 0.4) is 0 Å². The Bertz CT molecular complexity index is 378. The van der Waals surface area contributed by atoms with E-state index >= 15 is 0 Å². The fourth-order valence-corrected chi connectivity index (χ4v) is 1.48.